The topological polar surface area (TPSA) is 78.8 Å². The molecule has 1 saturated heterocycles. The molecule has 1 fully saturated rings. The van der Waals surface area contributed by atoms with Crippen LogP contribution in [0.5, 0.6) is 0 Å². The summed E-state index contributed by atoms with van der Waals surface area (Å²) in [5.41, 5.74) is 0.404. The van der Waals surface area contributed by atoms with Gasteiger partial charge in [-0.05, 0) is 31.5 Å². The maximum Gasteiger partial charge on any atom is 0.325 e. The van der Waals surface area contributed by atoms with Crippen LogP contribution in [0.15, 0.2) is 29.3 Å². The van der Waals surface area contributed by atoms with Gasteiger partial charge < -0.3 is 5.32 Å². The zero-order valence-corrected chi connectivity index (χ0v) is 10.6. The first-order valence-corrected chi connectivity index (χ1v) is 5.75. The van der Waals surface area contributed by atoms with Crippen molar-refractivity contribution in [2.45, 2.75) is 25.9 Å². The highest BCUT2D eigenvalue weighted by molar-refractivity contribution is 6.06. The molecule has 1 aromatic rings. The monoisotopic (exact) mass is 259 g/mol. The molecule has 6 nitrogen and oxygen atoms in total. The number of hydrogen-bond donors (Lipinski definition) is 1. The van der Waals surface area contributed by atoms with Gasteiger partial charge in [-0.15, -0.1) is 0 Å². The van der Waals surface area contributed by atoms with Gasteiger partial charge in [0, 0.05) is 0 Å². The third kappa shape index (κ3) is 2.53. The van der Waals surface area contributed by atoms with Gasteiger partial charge >= 0.3 is 6.03 Å². The molecule has 0 radical (unpaired) electrons. The minimum Gasteiger partial charge on any atom is -0.324 e. The Labute approximate surface area is 110 Å². The SMILES string of the molecule is CC1(C)NC(=O)N(Cc2ccc(N=C=O)cc2)C1=O. The Morgan fingerprint density at radius 1 is 1.26 bits per heavy atom. The van der Waals surface area contributed by atoms with Crippen molar-refractivity contribution >= 4 is 23.7 Å². The zero-order valence-electron chi connectivity index (χ0n) is 10.6. The van der Waals surface area contributed by atoms with E-state index in [2.05, 4.69) is 10.3 Å². The second-order valence-electron chi connectivity index (χ2n) is 4.82. The van der Waals surface area contributed by atoms with Gasteiger partial charge in [0.15, 0.2) is 0 Å². The highest BCUT2D eigenvalue weighted by atomic mass is 16.2. The Bertz CT molecular complexity index is 571. The van der Waals surface area contributed by atoms with E-state index in [0.717, 1.165) is 10.5 Å². The molecule has 0 aromatic heterocycles. The molecule has 2 rings (SSSR count). The number of hydrogen-bond acceptors (Lipinski definition) is 4. The Morgan fingerprint density at radius 2 is 1.89 bits per heavy atom. The molecular formula is C13H13N3O3. The van der Waals surface area contributed by atoms with E-state index in [1.165, 1.54) is 6.08 Å². The molecular weight excluding hydrogens is 246 g/mol. The van der Waals surface area contributed by atoms with Crippen molar-refractivity contribution in [3.05, 3.63) is 29.8 Å². The molecule has 0 unspecified atom stereocenters. The average molecular weight is 259 g/mol. The largest absolute Gasteiger partial charge is 0.325 e. The van der Waals surface area contributed by atoms with Gasteiger partial charge in [0.2, 0.25) is 6.08 Å². The number of carbonyl (C=O) groups is 2. The summed E-state index contributed by atoms with van der Waals surface area (Å²) in [6, 6.07) is 6.28. The van der Waals surface area contributed by atoms with Gasteiger partial charge in [0.1, 0.15) is 5.54 Å². The number of aliphatic imine (C=N–C) groups is 1. The fourth-order valence-electron chi connectivity index (χ4n) is 1.87. The second kappa shape index (κ2) is 4.66. The van der Waals surface area contributed by atoms with E-state index in [1.54, 1.807) is 38.1 Å². The number of carbonyl (C=O) groups excluding carboxylic acids is 3. The first kappa shape index (κ1) is 13.0. The molecule has 6 heteroatoms. The number of benzene rings is 1. The molecule has 19 heavy (non-hydrogen) atoms. The van der Waals surface area contributed by atoms with Crippen LogP contribution in [-0.4, -0.2) is 28.5 Å². The molecule has 0 bridgehead atoms. The van der Waals surface area contributed by atoms with Crippen molar-refractivity contribution < 1.29 is 14.4 Å². The summed E-state index contributed by atoms with van der Waals surface area (Å²) in [7, 11) is 0. The second-order valence-corrected chi connectivity index (χ2v) is 4.82. The Morgan fingerprint density at radius 3 is 2.37 bits per heavy atom. The minimum absolute atomic E-state index is 0.194. The molecule has 1 N–H and O–H groups in total. The molecule has 0 aliphatic carbocycles. The standard InChI is InChI=1S/C13H13N3O3/c1-13(2)11(18)16(12(19)15-13)7-9-3-5-10(6-4-9)14-8-17/h3-6H,7H2,1-2H3,(H,15,19). The third-order valence-corrected chi connectivity index (χ3v) is 2.90. The smallest absolute Gasteiger partial charge is 0.324 e. The summed E-state index contributed by atoms with van der Waals surface area (Å²) in [4.78, 5) is 38.4. The Kier molecular flexibility index (Phi) is 3.19. The van der Waals surface area contributed by atoms with Crippen LogP contribution in [0, 0.1) is 0 Å². The van der Waals surface area contributed by atoms with Crippen LogP contribution in [0.2, 0.25) is 0 Å². The summed E-state index contributed by atoms with van der Waals surface area (Å²) in [5.74, 6) is -0.257. The van der Waals surface area contributed by atoms with E-state index in [-0.39, 0.29) is 12.5 Å². The lowest BCUT2D eigenvalue weighted by atomic mass is 10.1. The normalized spacial score (nSPS) is 17.1. The van der Waals surface area contributed by atoms with Crippen molar-refractivity contribution in [2.24, 2.45) is 4.99 Å². The van der Waals surface area contributed by atoms with E-state index in [9.17, 15) is 14.4 Å². The molecule has 0 saturated carbocycles. The van der Waals surface area contributed by atoms with Crippen LogP contribution < -0.4 is 5.32 Å². The summed E-state index contributed by atoms with van der Waals surface area (Å²) in [6.45, 7) is 3.52. The van der Waals surface area contributed by atoms with Gasteiger partial charge in [0.25, 0.3) is 5.91 Å². The fraction of sp³-hybridized carbons (Fsp3) is 0.308. The zero-order chi connectivity index (χ0) is 14.0. The predicted molar refractivity (Wildman–Crippen MR) is 67.4 cm³/mol. The van der Waals surface area contributed by atoms with E-state index >= 15 is 0 Å². The number of nitrogens with zero attached hydrogens (tertiary/aromatic N) is 2. The summed E-state index contributed by atoms with van der Waals surface area (Å²) in [5, 5.41) is 2.61. The fourth-order valence-corrected chi connectivity index (χ4v) is 1.87. The molecule has 1 aliphatic heterocycles. The lowest BCUT2D eigenvalue weighted by Crippen LogP contribution is -2.40. The minimum atomic E-state index is -0.862. The lowest BCUT2D eigenvalue weighted by molar-refractivity contribution is -0.130. The highest BCUT2D eigenvalue weighted by Gasteiger charge is 2.43. The molecule has 98 valence electrons. The van der Waals surface area contributed by atoms with Crippen LogP contribution >= 0.6 is 0 Å². The van der Waals surface area contributed by atoms with Crippen molar-refractivity contribution in [1.29, 1.82) is 0 Å². The molecule has 1 aliphatic rings. The summed E-state index contributed by atoms with van der Waals surface area (Å²) in [6.07, 6.45) is 1.45. The number of nitrogens with one attached hydrogen (secondary N) is 1. The molecule has 0 spiro atoms. The van der Waals surface area contributed by atoms with Crippen LogP contribution in [0.3, 0.4) is 0 Å². The van der Waals surface area contributed by atoms with Gasteiger partial charge in [-0.1, -0.05) is 12.1 Å². The number of amides is 3. The van der Waals surface area contributed by atoms with E-state index in [4.69, 9.17) is 0 Å². The van der Waals surface area contributed by atoms with Crippen LogP contribution in [0.4, 0.5) is 10.5 Å². The van der Waals surface area contributed by atoms with Gasteiger partial charge in [-0.25, -0.2) is 9.59 Å². The molecule has 3 amide bonds. The predicted octanol–water partition coefficient (Wildman–Crippen LogP) is 1.48. The highest BCUT2D eigenvalue weighted by Crippen LogP contribution is 2.20. The van der Waals surface area contributed by atoms with Crippen molar-refractivity contribution in [2.75, 3.05) is 0 Å². The first-order chi connectivity index (χ1) is 8.94. The van der Waals surface area contributed by atoms with Crippen molar-refractivity contribution in [3.8, 4) is 0 Å². The molecule has 0 atom stereocenters. The van der Waals surface area contributed by atoms with Crippen molar-refractivity contribution in [1.82, 2.24) is 10.2 Å². The van der Waals surface area contributed by atoms with Gasteiger partial charge in [-0.3, -0.25) is 9.69 Å². The van der Waals surface area contributed by atoms with E-state index in [0.29, 0.717) is 5.69 Å². The summed E-state index contributed by atoms with van der Waals surface area (Å²) < 4.78 is 0. The third-order valence-electron chi connectivity index (χ3n) is 2.90. The van der Waals surface area contributed by atoms with E-state index in [1.807, 2.05) is 0 Å². The number of isocyanates is 1. The lowest BCUT2D eigenvalue weighted by Gasteiger charge is -2.15. The first-order valence-electron chi connectivity index (χ1n) is 5.75. The average Bonchev–Trinajstić information content (AvgIpc) is 2.54. The quantitative estimate of drug-likeness (QED) is 0.507. The Hall–Kier alpha value is -2.46. The molecule has 1 aromatic carbocycles. The van der Waals surface area contributed by atoms with Crippen LogP contribution in [0.25, 0.3) is 0 Å². The maximum absolute atomic E-state index is 12.0. The van der Waals surface area contributed by atoms with Crippen LogP contribution in [-0.2, 0) is 16.1 Å². The van der Waals surface area contributed by atoms with Crippen LogP contribution in [0.1, 0.15) is 19.4 Å². The number of urea groups is 1. The van der Waals surface area contributed by atoms with Gasteiger partial charge in [-0.2, -0.15) is 4.99 Å². The molecule has 1 heterocycles. The Balaban J connectivity index is 2.15. The maximum atomic E-state index is 12.0. The van der Waals surface area contributed by atoms with Crippen molar-refractivity contribution in [3.63, 3.8) is 0 Å². The summed E-state index contributed by atoms with van der Waals surface area (Å²) >= 11 is 0. The number of rotatable bonds is 3. The van der Waals surface area contributed by atoms with Gasteiger partial charge in [0.05, 0.1) is 12.2 Å². The van der Waals surface area contributed by atoms with E-state index < -0.39 is 11.6 Å². The number of imide groups is 1.